The van der Waals surface area contributed by atoms with Gasteiger partial charge in [0.2, 0.25) is 17.5 Å². The summed E-state index contributed by atoms with van der Waals surface area (Å²) in [7, 11) is 3.22. The van der Waals surface area contributed by atoms with Crippen LogP contribution in [0.5, 0.6) is 5.75 Å². The number of likely N-dealkylation sites (tertiary alicyclic amines) is 1. The van der Waals surface area contributed by atoms with Crippen LogP contribution in [-0.4, -0.2) is 56.2 Å². The van der Waals surface area contributed by atoms with E-state index in [-0.39, 0.29) is 41.8 Å². The first kappa shape index (κ1) is 25.1. The molecule has 5 atom stereocenters. The summed E-state index contributed by atoms with van der Waals surface area (Å²) < 4.78 is 10.7. The van der Waals surface area contributed by atoms with Gasteiger partial charge in [0.25, 0.3) is 0 Å². The highest BCUT2D eigenvalue weighted by Gasteiger charge is 2.48. The lowest BCUT2D eigenvalue weighted by Crippen LogP contribution is -2.50. The third-order valence-electron chi connectivity index (χ3n) is 8.17. The monoisotopic (exact) mass is 502 g/mol. The molecule has 8 heteroatoms. The van der Waals surface area contributed by atoms with Gasteiger partial charge in [-0.1, -0.05) is 31.0 Å². The summed E-state index contributed by atoms with van der Waals surface area (Å²) in [4.78, 5) is 32.8. The zero-order valence-electron chi connectivity index (χ0n) is 21.4. The molecule has 0 aromatic heterocycles. The lowest BCUT2D eigenvalue weighted by Gasteiger charge is -2.41. The molecule has 3 aliphatic rings. The van der Waals surface area contributed by atoms with Gasteiger partial charge in [-0.3, -0.25) is 9.59 Å². The van der Waals surface area contributed by atoms with Crippen molar-refractivity contribution in [1.82, 2.24) is 10.2 Å². The van der Waals surface area contributed by atoms with E-state index in [0.29, 0.717) is 30.2 Å². The first-order valence-corrected chi connectivity index (χ1v) is 13.1. The molecule has 1 saturated carbocycles. The fourth-order valence-electron chi connectivity index (χ4n) is 6.40. The number of para-hydroxylation sites is 1. The summed E-state index contributed by atoms with van der Waals surface area (Å²) in [5.74, 6) is 0.320. The molecule has 2 aromatic rings. The summed E-state index contributed by atoms with van der Waals surface area (Å²) in [5, 5.41) is 6.77. The highest BCUT2D eigenvalue weighted by atomic mass is 16.5. The van der Waals surface area contributed by atoms with E-state index in [1.807, 2.05) is 12.1 Å². The molecule has 2 amide bonds. The second-order valence-electron chi connectivity index (χ2n) is 10.2. The molecule has 2 aromatic carbocycles. The van der Waals surface area contributed by atoms with Crippen LogP contribution in [0, 0.1) is 18.4 Å². The second kappa shape index (κ2) is 10.8. The Morgan fingerprint density at radius 1 is 1.14 bits per heavy atom. The summed E-state index contributed by atoms with van der Waals surface area (Å²) in [6, 6.07) is 13.0. The van der Waals surface area contributed by atoms with Gasteiger partial charge in [0.15, 0.2) is 0 Å². The zero-order valence-corrected chi connectivity index (χ0v) is 21.4. The van der Waals surface area contributed by atoms with Crippen LogP contribution < -0.4 is 15.4 Å². The molecule has 2 aliphatic heterocycles. The quantitative estimate of drug-likeness (QED) is 0.566. The van der Waals surface area contributed by atoms with Crippen LogP contribution >= 0.6 is 0 Å². The van der Waals surface area contributed by atoms with Crippen molar-refractivity contribution in [2.45, 2.75) is 50.2 Å². The van der Waals surface area contributed by atoms with Gasteiger partial charge < -0.3 is 25.0 Å². The maximum atomic E-state index is 14.1. The Balaban J connectivity index is 1.37. The average Bonchev–Trinajstić information content (AvgIpc) is 3.39. The minimum absolute atomic E-state index is 0.00573. The summed E-state index contributed by atoms with van der Waals surface area (Å²) >= 11 is 0. The van der Waals surface area contributed by atoms with Gasteiger partial charge in [0, 0.05) is 36.9 Å². The molecule has 37 heavy (non-hydrogen) atoms. The van der Waals surface area contributed by atoms with Crippen LogP contribution in [0.1, 0.15) is 54.1 Å². The predicted molar refractivity (Wildman–Crippen MR) is 141 cm³/mol. The molecule has 0 radical (unpaired) electrons. The van der Waals surface area contributed by atoms with Crippen molar-refractivity contribution in [3.05, 3.63) is 65.0 Å². The lowest BCUT2D eigenvalue weighted by atomic mass is 9.81. The zero-order chi connectivity index (χ0) is 25.9. The van der Waals surface area contributed by atoms with Gasteiger partial charge in [-0.05, 0) is 49.1 Å². The fourth-order valence-corrected chi connectivity index (χ4v) is 6.40. The lowest BCUT2D eigenvalue weighted by molar-refractivity contribution is -0.139. The molecule has 2 heterocycles. The minimum atomic E-state index is -0.266. The van der Waals surface area contributed by atoms with E-state index >= 15 is 0 Å². The Morgan fingerprint density at radius 3 is 2.73 bits per heavy atom. The first-order chi connectivity index (χ1) is 18.0. The number of rotatable bonds is 6. The van der Waals surface area contributed by atoms with Crippen LogP contribution in [0.2, 0.25) is 0 Å². The standard InChI is InChI=1S/C29H34N4O4/c1-30-24-16-18(12-13-26(24)37-3)28(34)32-23-11-7-5-9-21(23)29(35)33-15-14-20-25(17-36-2)31-22-10-6-4-8-19(22)27(20)33/h4,6,8,10,12-13,16,20-21,23,25,27,31H,5,7,9,11,14-15,17H2,2-3H3,(H,32,34)/t20-,21+,23-,25+,27+/m1/s1. The summed E-state index contributed by atoms with van der Waals surface area (Å²) in [6.07, 6.45) is 4.38. The number of carbonyl (C=O) groups excluding carboxylic acids is 2. The van der Waals surface area contributed by atoms with Crippen molar-refractivity contribution < 1.29 is 19.1 Å². The average molecular weight is 503 g/mol. The van der Waals surface area contributed by atoms with Gasteiger partial charge in [-0.25, -0.2) is 4.85 Å². The van der Waals surface area contributed by atoms with Gasteiger partial charge in [-0.2, -0.15) is 0 Å². The number of anilines is 1. The van der Waals surface area contributed by atoms with Gasteiger partial charge in [-0.15, -0.1) is 0 Å². The molecular formula is C29H34N4O4. The molecule has 5 rings (SSSR count). The predicted octanol–water partition coefficient (Wildman–Crippen LogP) is 4.56. The van der Waals surface area contributed by atoms with Crippen molar-refractivity contribution in [3.63, 3.8) is 0 Å². The number of carbonyl (C=O) groups is 2. The van der Waals surface area contributed by atoms with Crippen molar-refractivity contribution in [2.75, 3.05) is 32.7 Å². The Hall–Kier alpha value is -3.57. The second-order valence-corrected chi connectivity index (χ2v) is 10.2. The molecular weight excluding hydrogens is 468 g/mol. The summed E-state index contributed by atoms with van der Waals surface area (Å²) in [5.41, 5.74) is 2.92. The van der Waals surface area contributed by atoms with Crippen molar-refractivity contribution >= 4 is 23.2 Å². The van der Waals surface area contributed by atoms with Crippen LogP contribution in [0.3, 0.4) is 0 Å². The number of hydrogen-bond donors (Lipinski definition) is 2. The first-order valence-electron chi connectivity index (χ1n) is 13.1. The van der Waals surface area contributed by atoms with Gasteiger partial charge in [0.1, 0.15) is 5.75 Å². The van der Waals surface area contributed by atoms with Crippen LogP contribution in [-0.2, 0) is 9.53 Å². The fraction of sp³-hybridized carbons (Fsp3) is 0.483. The molecule has 8 nitrogen and oxygen atoms in total. The Kier molecular flexibility index (Phi) is 7.33. The van der Waals surface area contributed by atoms with E-state index in [9.17, 15) is 9.59 Å². The Morgan fingerprint density at radius 2 is 1.95 bits per heavy atom. The maximum Gasteiger partial charge on any atom is 0.250 e. The summed E-state index contributed by atoms with van der Waals surface area (Å²) in [6.45, 7) is 8.67. The smallest absolute Gasteiger partial charge is 0.250 e. The number of ether oxygens (including phenoxy) is 2. The highest BCUT2D eigenvalue weighted by molar-refractivity contribution is 5.96. The maximum absolute atomic E-state index is 14.1. The number of hydrogen-bond acceptors (Lipinski definition) is 5. The third-order valence-corrected chi connectivity index (χ3v) is 8.17. The van der Waals surface area contributed by atoms with E-state index in [2.05, 4.69) is 32.5 Å². The number of nitrogens with zero attached hydrogens (tertiary/aromatic N) is 2. The van der Waals surface area contributed by atoms with Gasteiger partial charge >= 0.3 is 0 Å². The highest BCUT2D eigenvalue weighted by Crippen LogP contribution is 2.47. The molecule has 2 fully saturated rings. The van der Waals surface area contributed by atoms with Crippen molar-refractivity contribution in [3.8, 4) is 5.75 Å². The van der Waals surface area contributed by atoms with Crippen LogP contribution in [0.15, 0.2) is 42.5 Å². The number of methoxy groups -OCH3 is 2. The minimum Gasteiger partial charge on any atom is -0.508 e. The molecule has 0 bridgehead atoms. The molecule has 0 unspecified atom stereocenters. The third kappa shape index (κ3) is 4.76. The number of amides is 2. The molecule has 194 valence electrons. The van der Waals surface area contributed by atoms with Crippen LogP contribution in [0.4, 0.5) is 11.4 Å². The SMILES string of the molecule is [C-]#[N+]c1cc(C(=O)N[C@@H]2CCCC[C@@H]2C(=O)N2CC[C@@H]3[C@H](COC)Nc4ccccc4[C@@H]32)ccc1OC. The molecule has 1 saturated heterocycles. The van der Waals surface area contributed by atoms with E-state index in [4.69, 9.17) is 16.0 Å². The van der Waals surface area contributed by atoms with Crippen molar-refractivity contribution in [2.24, 2.45) is 11.8 Å². The molecule has 2 N–H and O–H groups in total. The van der Waals surface area contributed by atoms with Crippen LogP contribution in [0.25, 0.3) is 4.85 Å². The molecule has 1 aliphatic carbocycles. The van der Waals surface area contributed by atoms with E-state index in [0.717, 1.165) is 43.4 Å². The Bertz CT molecular complexity index is 1210. The van der Waals surface area contributed by atoms with E-state index < -0.39 is 0 Å². The van der Waals surface area contributed by atoms with Gasteiger partial charge in [0.05, 0.1) is 38.3 Å². The van der Waals surface area contributed by atoms with E-state index in [1.54, 1.807) is 25.3 Å². The number of fused-ring (bicyclic) bond motifs is 3. The normalized spacial score (nSPS) is 26.3. The Labute approximate surface area is 218 Å². The van der Waals surface area contributed by atoms with E-state index in [1.165, 1.54) is 7.11 Å². The van der Waals surface area contributed by atoms with Crippen molar-refractivity contribution in [1.29, 1.82) is 0 Å². The molecule has 0 spiro atoms. The topological polar surface area (TPSA) is 84.3 Å². The largest absolute Gasteiger partial charge is 0.508 e. The number of nitrogens with one attached hydrogen (secondary N) is 2. The number of benzene rings is 2.